The first kappa shape index (κ1) is 15.4. The summed E-state index contributed by atoms with van der Waals surface area (Å²) < 4.78 is 40.3. The van der Waals surface area contributed by atoms with Crippen molar-refractivity contribution in [2.24, 2.45) is 0 Å². The highest BCUT2D eigenvalue weighted by atomic mass is 35.6. The van der Waals surface area contributed by atoms with E-state index in [0.29, 0.717) is 0 Å². The van der Waals surface area contributed by atoms with Gasteiger partial charge in [-0.25, -0.2) is 4.39 Å². The molecule has 0 aliphatic carbocycles. The van der Waals surface area contributed by atoms with Gasteiger partial charge in [-0.1, -0.05) is 34.8 Å². The first-order valence-corrected chi connectivity index (χ1v) is 4.04. The molecule has 76 valence electrons. The Morgan fingerprint density at radius 1 is 1.00 bits per heavy atom. The molecule has 0 saturated heterocycles. The van der Waals surface area contributed by atoms with Gasteiger partial charge in [0, 0.05) is 0 Å². The van der Waals surface area contributed by atoms with Crippen LogP contribution in [0.15, 0.2) is 0 Å². The van der Waals surface area contributed by atoms with Crippen molar-refractivity contribution in [1.29, 1.82) is 0 Å². The molecule has 0 rings (SSSR count). The van der Waals surface area contributed by atoms with E-state index < -0.39 is 16.6 Å². The summed E-state index contributed by atoms with van der Waals surface area (Å²) in [5, 5.41) is 0. The minimum absolute atomic E-state index is 0.0394. The van der Waals surface area contributed by atoms with E-state index in [0.717, 1.165) is 0 Å². The summed E-state index contributed by atoms with van der Waals surface area (Å²) in [5.41, 5.74) is 0. The van der Waals surface area contributed by atoms with Crippen LogP contribution in [0.5, 0.6) is 0 Å². The first-order chi connectivity index (χ1) is 5.12. The lowest BCUT2D eigenvalue weighted by atomic mass is 10.8. The standard InChI is InChI=1S/C2H2Cl4.C2H2F4/c2*3-1-2(4,5)6/h2*1H2. The van der Waals surface area contributed by atoms with Gasteiger partial charge in [0.1, 0.15) is 0 Å². The number of rotatable bonds is 0. The van der Waals surface area contributed by atoms with Crippen LogP contribution in [-0.4, -0.2) is 22.5 Å². The van der Waals surface area contributed by atoms with Crippen LogP contribution in [0.25, 0.3) is 0 Å². The average molecular weight is 270 g/mol. The molecular formula is C4H4Cl4F4. The van der Waals surface area contributed by atoms with E-state index in [2.05, 4.69) is 0 Å². The van der Waals surface area contributed by atoms with Gasteiger partial charge in [0.2, 0.25) is 3.79 Å². The van der Waals surface area contributed by atoms with E-state index in [1.165, 1.54) is 0 Å². The molecule has 0 fully saturated rings. The molecular weight excluding hydrogens is 266 g/mol. The smallest absolute Gasteiger partial charge is 0.241 e. The van der Waals surface area contributed by atoms with Crippen LogP contribution in [-0.2, 0) is 0 Å². The lowest BCUT2D eigenvalue weighted by Gasteiger charge is -2.00. The van der Waals surface area contributed by atoms with Gasteiger partial charge in [-0.15, -0.1) is 11.6 Å². The molecule has 8 heteroatoms. The highest BCUT2D eigenvalue weighted by Crippen LogP contribution is 2.26. The molecule has 12 heavy (non-hydrogen) atoms. The predicted molar refractivity (Wildman–Crippen MR) is 43.0 cm³/mol. The molecule has 0 radical (unpaired) electrons. The zero-order valence-electron chi connectivity index (χ0n) is 5.44. The maximum atomic E-state index is 10.4. The highest BCUT2D eigenvalue weighted by molar-refractivity contribution is 6.69. The van der Waals surface area contributed by atoms with E-state index in [4.69, 9.17) is 46.4 Å². The van der Waals surface area contributed by atoms with E-state index in [1.54, 1.807) is 0 Å². The third kappa shape index (κ3) is 22.4. The Morgan fingerprint density at radius 3 is 1.17 bits per heavy atom. The molecule has 0 unspecified atom stereocenters. The molecule has 0 saturated carbocycles. The summed E-state index contributed by atoms with van der Waals surface area (Å²) in [4.78, 5) is 0. The topological polar surface area (TPSA) is 0 Å². The molecule has 0 aromatic rings. The lowest BCUT2D eigenvalue weighted by Crippen LogP contribution is -2.08. The molecule has 0 amide bonds. The number of halogens is 8. The molecule has 0 heterocycles. The van der Waals surface area contributed by atoms with Crippen molar-refractivity contribution in [3.8, 4) is 0 Å². The van der Waals surface area contributed by atoms with Crippen molar-refractivity contribution < 1.29 is 17.6 Å². The van der Waals surface area contributed by atoms with Gasteiger partial charge >= 0.3 is 6.18 Å². The Morgan fingerprint density at radius 2 is 1.17 bits per heavy atom. The van der Waals surface area contributed by atoms with Crippen LogP contribution >= 0.6 is 46.4 Å². The molecule has 0 aliphatic heterocycles. The van der Waals surface area contributed by atoms with E-state index in [1.807, 2.05) is 0 Å². The first-order valence-electron chi connectivity index (χ1n) is 2.38. The number of hydrogen-bond donors (Lipinski definition) is 0. The lowest BCUT2D eigenvalue weighted by molar-refractivity contribution is -0.142. The van der Waals surface area contributed by atoms with Crippen LogP contribution in [0.2, 0.25) is 0 Å². The van der Waals surface area contributed by atoms with Gasteiger partial charge < -0.3 is 0 Å². The van der Waals surface area contributed by atoms with E-state index in [-0.39, 0.29) is 5.88 Å². The van der Waals surface area contributed by atoms with Crippen molar-refractivity contribution in [2.45, 2.75) is 9.97 Å². The molecule has 0 aromatic heterocycles. The summed E-state index contributed by atoms with van der Waals surface area (Å²) in [5.74, 6) is 0.0394. The Bertz CT molecular complexity index is 92.6. The number of alkyl halides is 8. The van der Waals surface area contributed by atoms with Crippen molar-refractivity contribution in [1.82, 2.24) is 0 Å². The largest absolute Gasteiger partial charge is 0.416 e. The fourth-order valence-corrected chi connectivity index (χ4v) is 0. The second kappa shape index (κ2) is 6.35. The zero-order valence-corrected chi connectivity index (χ0v) is 8.46. The molecule has 0 N–H and O–H groups in total. The van der Waals surface area contributed by atoms with Gasteiger partial charge in [0.05, 0.1) is 5.88 Å². The average Bonchev–Trinajstić information content (AvgIpc) is 1.86. The highest BCUT2D eigenvalue weighted by Gasteiger charge is 2.26. The minimum Gasteiger partial charge on any atom is -0.241 e. The van der Waals surface area contributed by atoms with Gasteiger partial charge in [-0.3, -0.25) is 0 Å². The van der Waals surface area contributed by atoms with Crippen LogP contribution < -0.4 is 0 Å². The Balaban J connectivity index is 0. The maximum absolute atomic E-state index is 10.4. The molecule has 0 spiro atoms. The summed E-state index contributed by atoms with van der Waals surface area (Å²) in [6.07, 6.45) is -4.62. The van der Waals surface area contributed by atoms with Gasteiger partial charge in [0.25, 0.3) is 0 Å². The molecule has 0 nitrogen and oxygen atoms in total. The second-order valence-corrected chi connectivity index (χ2v) is 4.28. The van der Waals surface area contributed by atoms with E-state index in [9.17, 15) is 17.6 Å². The van der Waals surface area contributed by atoms with Crippen molar-refractivity contribution >= 4 is 46.4 Å². The third-order valence-corrected chi connectivity index (χ3v) is 1.52. The molecule has 0 atom stereocenters. The van der Waals surface area contributed by atoms with Crippen LogP contribution in [0.4, 0.5) is 17.6 Å². The third-order valence-electron chi connectivity index (χ3n) is 0.303. The Hall–Kier alpha value is 0.880. The molecule has 0 aromatic carbocycles. The minimum atomic E-state index is -4.62. The molecule has 0 aliphatic rings. The van der Waals surface area contributed by atoms with Crippen molar-refractivity contribution in [3.05, 3.63) is 0 Å². The quantitative estimate of drug-likeness (QED) is 0.459. The normalized spacial score (nSPS) is 12.0. The monoisotopic (exact) mass is 268 g/mol. The Kier molecular flexibility index (Phi) is 8.13. The second-order valence-electron chi connectivity index (χ2n) is 1.50. The predicted octanol–water partition coefficient (Wildman–Crippen LogP) is 4.11. The fourth-order valence-electron chi connectivity index (χ4n) is 0. The summed E-state index contributed by atoms with van der Waals surface area (Å²) in [6.45, 7) is -2.23. The summed E-state index contributed by atoms with van der Waals surface area (Å²) in [6, 6.07) is 0. The van der Waals surface area contributed by atoms with Gasteiger partial charge in [-0.05, 0) is 0 Å². The van der Waals surface area contributed by atoms with E-state index >= 15 is 0 Å². The fraction of sp³-hybridized carbons (Fsp3) is 1.00. The van der Waals surface area contributed by atoms with Crippen LogP contribution in [0, 0.1) is 0 Å². The van der Waals surface area contributed by atoms with Gasteiger partial charge in [0.15, 0.2) is 6.67 Å². The van der Waals surface area contributed by atoms with Crippen LogP contribution in [0.3, 0.4) is 0 Å². The zero-order chi connectivity index (χ0) is 10.4. The van der Waals surface area contributed by atoms with Gasteiger partial charge in [-0.2, -0.15) is 13.2 Å². The SMILES string of the molecule is ClCC(Cl)(Cl)Cl.FCC(F)(F)F. The Labute approximate surface area is 86.7 Å². The van der Waals surface area contributed by atoms with Crippen LogP contribution in [0.1, 0.15) is 0 Å². The summed E-state index contributed by atoms with van der Waals surface area (Å²) in [7, 11) is 0. The summed E-state index contributed by atoms with van der Waals surface area (Å²) >= 11 is 20.4. The maximum Gasteiger partial charge on any atom is 0.416 e. The van der Waals surface area contributed by atoms with Crippen molar-refractivity contribution in [3.63, 3.8) is 0 Å². The van der Waals surface area contributed by atoms with Crippen molar-refractivity contribution in [2.75, 3.05) is 12.6 Å². The molecule has 0 bridgehead atoms. The number of hydrogen-bond acceptors (Lipinski definition) is 0.